The van der Waals surface area contributed by atoms with Crippen molar-refractivity contribution in [1.29, 1.82) is 0 Å². The Morgan fingerprint density at radius 1 is 0.786 bits per heavy atom. The van der Waals surface area contributed by atoms with Gasteiger partial charge in [0.1, 0.15) is 0 Å². The molecule has 2 aromatic carbocycles. The number of hydrogen-bond donors (Lipinski definition) is 0. The van der Waals surface area contributed by atoms with Crippen molar-refractivity contribution < 1.29 is 0 Å². The van der Waals surface area contributed by atoms with Crippen molar-refractivity contribution in [2.75, 3.05) is 13.1 Å². The van der Waals surface area contributed by atoms with E-state index in [0.717, 1.165) is 26.2 Å². The van der Waals surface area contributed by atoms with E-state index in [4.69, 9.17) is 0 Å². The lowest BCUT2D eigenvalue weighted by Gasteiger charge is -2.44. The number of aromatic nitrogens is 1. The van der Waals surface area contributed by atoms with E-state index >= 15 is 0 Å². The highest BCUT2D eigenvalue weighted by molar-refractivity contribution is 5.36. The van der Waals surface area contributed by atoms with E-state index < -0.39 is 0 Å². The Morgan fingerprint density at radius 3 is 2.14 bits per heavy atom. The van der Waals surface area contributed by atoms with Crippen molar-refractivity contribution in [1.82, 2.24) is 14.4 Å². The number of benzene rings is 2. The molecule has 1 aliphatic rings. The summed E-state index contributed by atoms with van der Waals surface area (Å²) in [5.74, 6) is 0. The third kappa shape index (κ3) is 4.37. The molecule has 1 fully saturated rings. The molecule has 146 valence electrons. The standard InChI is InChI=1S/C25H31N3/c1-20-9-11-23(12-10-20)18-26-16-21(2)28(22(3)17-26)19-24-7-6-8-25(15-24)27-13-4-5-14-27/h4-15,21-22H,16-19H2,1-3H3. The van der Waals surface area contributed by atoms with E-state index in [-0.39, 0.29) is 0 Å². The van der Waals surface area contributed by atoms with Crippen molar-refractivity contribution in [3.05, 3.63) is 89.7 Å². The first-order valence-corrected chi connectivity index (χ1v) is 10.3. The van der Waals surface area contributed by atoms with Gasteiger partial charge in [-0.05, 0) is 56.2 Å². The fourth-order valence-electron chi connectivity index (χ4n) is 4.39. The topological polar surface area (TPSA) is 11.4 Å². The monoisotopic (exact) mass is 373 g/mol. The van der Waals surface area contributed by atoms with Crippen LogP contribution in [-0.2, 0) is 13.1 Å². The normalized spacial score (nSPS) is 21.1. The van der Waals surface area contributed by atoms with Crippen LogP contribution in [0.15, 0.2) is 73.1 Å². The lowest BCUT2D eigenvalue weighted by Crippen LogP contribution is -2.55. The Hall–Kier alpha value is -2.36. The summed E-state index contributed by atoms with van der Waals surface area (Å²) in [6, 6.07) is 23.1. The summed E-state index contributed by atoms with van der Waals surface area (Å²) in [7, 11) is 0. The van der Waals surface area contributed by atoms with Gasteiger partial charge in [0.15, 0.2) is 0 Å². The highest BCUT2D eigenvalue weighted by Gasteiger charge is 2.29. The van der Waals surface area contributed by atoms with Crippen LogP contribution >= 0.6 is 0 Å². The maximum atomic E-state index is 2.65. The quantitative estimate of drug-likeness (QED) is 0.631. The molecule has 1 aromatic heterocycles. The SMILES string of the molecule is Cc1ccc(CN2CC(C)N(Cc3cccc(-n4cccc4)c3)C(C)C2)cc1. The van der Waals surface area contributed by atoms with Gasteiger partial charge < -0.3 is 4.57 Å². The summed E-state index contributed by atoms with van der Waals surface area (Å²) in [4.78, 5) is 5.26. The second-order valence-electron chi connectivity index (χ2n) is 8.31. The van der Waals surface area contributed by atoms with Crippen molar-refractivity contribution in [2.24, 2.45) is 0 Å². The van der Waals surface area contributed by atoms with Crippen molar-refractivity contribution >= 4 is 0 Å². The fourth-order valence-corrected chi connectivity index (χ4v) is 4.39. The van der Waals surface area contributed by atoms with Crippen molar-refractivity contribution in [2.45, 2.75) is 45.9 Å². The third-order valence-electron chi connectivity index (χ3n) is 5.88. The number of aryl methyl sites for hydroxylation is 1. The van der Waals surface area contributed by atoms with Gasteiger partial charge >= 0.3 is 0 Å². The molecule has 4 rings (SSSR count). The van der Waals surface area contributed by atoms with Crippen LogP contribution in [0.5, 0.6) is 0 Å². The summed E-state index contributed by atoms with van der Waals surface area (Å²) in [6.07, 6.45) is 4.21. The average molecular weight is 374 g/mol. The first-order chi connectivity index (χ1) is 13.6. The third-order valence-corrected chi connectivity index (χ3v) is 5.88. The molecule has 2 unspecified atom stereocenters. The van der Waals surface area contributed by atoms with E-state index in [2.05, 4.69) is 108 Å². The number of piperazine rings is 1. The van der Waals surface area contributed by atoms with Crippen LogP contribution in [0.2, 0.25) is 0 Å². The zero-order valence-electron chi connectivity index (χ0n) is 17.3. The molecular weight excluding hydrogens is 342 g/mol. The smallest absolute Gasteiger partial charge is 0.0452 e. The van der Waals surface area contributed by atoms with Gasteiger partial charge in [-0.25, -0.2) is 0 Å². The maximum absolute atomic E-state index is 2.65. The Labute approximate surface area is 169 Å². The van der Waals surface area contributed by atoms with Crippen molar-refractivity contribution in [3.8, 4) is 5.69 Å². The molecule has 0 spiro atoms. The van der Waals surface area contributed by atoms with Gasteiger partial charge in [0.2, 0.25) is 0 Å². The van der Waals surface area contributed by atoms with Gasteiger partial charge in [0, 0.05) is 56.3 Å². The molecule has 2 atom stereocenters. The predicted molar refractivity (Wildman–Crippen MR) is 117 cm³/mol. The number of nitrogens with zero attached hydrogens (tertiary/aromatic N) is 3. The molecule has 28 heavy (non-hydrogen) atoms. The predicted octanol–water partition coefficient (Wildman–Crippen LogP) is 4.88. The molecule has 0 N–H and O–H groups in total. The highest BCUT2D eigenvalue weighted by Crippen LogP contribution is 2.22. The van der Waals surface area contributed by atoms with E-state index in [1.165, 1.54) is 22.4 Å². The zero-order chi connectivity index (χ0) is 19.5. The molecule has 0 bridgehead atoms. The van der Waals surface area contributed by atoms with E-state index in [1.54, 1.807) is 0 Å². The highest BCUT2D eigenvalue weighted by atomic mass is 15.3. The summed E-state index contributed by atoms with van der Waals surface area (Å²) in [5, 5.41) is 0. The zero-order valence-corrected chi connectivity index (χ0v) is 17.3. The first-order valence-electron chi connectivity index (χ1n) is 10.3. The summed E-state index contributed by atoms with van der Waals surface area (Å²) in [5.41, 5.74) is 5.37. The van der Waals surface area contributed by atoms with E-state index in [0.29, 0.717) is 12.1 Å². The molecular formula is C25H31N3. The average Bonchev–Trinajstić information content (AvgIpc) is 3.22. The molecule has 2 heterocycles. The number of hydrogen-bond acceptors (Lipinski definition) is 2. The van der Waals surface area contributed by atoms with Gasteiger partial charge in [0.05, 0.1) is 0 Å². The second kappa shape index (κ2) is 8.34. The van der Waals surface area contributed by atoms with Crippen molar-refractivity contribution in [3.63, 3.8) is 0 Å². The molecule has 1 saturated heterocycles. The lowest BCUT2D eigenvalue weighted by atomic mass is 10.0. The molecule has 0 aliphatic carbocycles. The van der Waals surface area contributed by atoms with Crippen LogP contribution < -0.4 is 0 Å². The Morgan fingerprint density at radius 2 is 1.46 bits per heavy atom. The van der Waals surface area contributed by atoms with Gasteiger partial charge in [-0.3, -0.25) is 9.80 Å². The first kappa shape index (κ1) is 19.0. The lowest BCUT2D eigenvalue weighted by molar-refractivity contribution is 0.0290. The van der Waals surface area contributed by atoms with E-state index in [1.807, 2.05) is 0 Å². The van der Waals surface area contributed by atoms with Crippen LogP contribution in [0.1, 0.15) is 30.5 Å². The largest absolute Gasteiger partial charge is 0.324 e. The Kier molecular flexibility index (Phi) is 5.65. The fraction of sp³-hybridized carbons (Fsp3) is 0.360. The minimum atomic E-state index is 0.546. The van der Waals surface area contributed by atoms with Crippen LogP contribution in [0.4, 0.5) is 0 Å². The molecule has 0 radical (unpaired) electrons. The minimum absolute atomic E-state index is 0.546. The maximum Gasteiger partial charge on any atom is 0.0452 e. The Balaban J connectivity index is 1.41. The summed E-state index contributed by atoms with van der Waals surface area (Å²) >= 11 is 0. The molecule has 0 saturated carbocycles. The van der Waals surface area contributed by atoms with Crippen LogP contribution in [-0.4, -0.2) is 39.5 Å². The van der Waals surface area contributed by atoms with Gasteiger partial charge in [-0.1, -0.05) is 42.0 Å². The van der Waals surface area contributed by atoms with Gasteiger partial charge in [-0.15, -0.1) is 0 Å². The second-order valence-corrected chi connectivity index (χ2v) is 8.31. The number of rotatable bonds is 5. The molecule has 3 aromatic rings. The summed E-state index contributed by atoms with van der Waals surface area (Å²) < 4.78 is 2.18. The molecule has 0 amide bonds. The molecule has 1 aliphatic heterocycles. The molecule has 3 nitrogen and oxygen atoms in total. The van der Waals surface area contributed by atoms with Gasteiger partial charge in [0.25, 0.3) is 0 Å². The van der Waals surface area contributed by atoms with Gasteiger partial charge in [-0.2, -0.15) is 0 Å². The van der Waals surface area contributed by atoms with E-state index in [9.17, 15) is 0 Å². The summed E-state index contributed by atoms with van der Waals surface area (Å²) in [6.45, 7) is 11.2. The Bertz CT molecular complexity index is 870. The molecule has 3 heteroatoms. The van der Waals surface area contributed by atoms with Crippen LogP contribution in [0, 0.1) is 6.92 Å². The van der Waals surface area contributed by atoms with Crippen LogP contribution in [0.3, 0.4) is 0 Å². The van der Waals surface area contributed by atoms with Crippen LogP contribution in [0.25, 0.3) is 5.69 Å². The minimum Gasteiger partial charge on any atom is -0.324 e.